The summed E-state index contributed by atoms with van der Waals surface area (Å²) in [6.45, 7) is 1.53. The zero-order valence-electron chi connectivity index (χ0n) is 13.4. The first-order valence-corrected chi connectivity index (χ1v) is 8.58. The summed E-state index contributed by atoms with van der Waals surface area (Å²) in [5.74, 6) is -1.03. The number of hydrogen-bond donors (Lipinski definition) is 1. The van der Waals surface area contributed by atoms with Gasteiger partial charge in [0.2, 0.25) is 5.88 Å². The number of amides is 1. The number of nitrogen functional groups attached to an aromatic ring is 1. The van der Waals surface area contributed by atoms with E-state index in [4.69, 9.17) is 15.0 Å². The summed E-state index contributed by atoms with van der Waals surface area (Å²) in [5, 5.41) is 3.13. The van der Waals surface area contributed by atoms with Gasteiger partial charge in [0.15, 0.2) is 6.61 Å². The van der Waals surface area contributed by atoms with E-state index < -0.39 is 23.9 Å². The molecule has 2 aromatic rings. The fourth-order valence-electron chi connectivity index (χ4n) is 2.58. The van der Waals surface area contributed by atoms with Gasteiger partial charge in [-0.2, -0.15) is 0 Å². The Morgan fingerprint density at radius 2 is 2.24 bits per heavy atom. The van der Waals surface area contributed by atoms with Gasteiger partial charge in [-0.05, 0) is 13.0 Å². The molecule has 2 N–H and O–H groups in total. The number of nitrogens with two attached hydrogens (primary N) is 1. The number of carbonyl (C=O) groups excluding carboxylic acids is 2. The van der Waals surface area contributed by atoms with E-state index in [2.05, 4.69) is 5.16 Å². The predicted molar refractivity (Wildman–Crippen MR) is 89.2 cm³/mol. The molecule has 1 fully saturated rings. The van der Waals surface area contributed by atoms with Crippen molar-refractivity contribution >= 4 is 29.5 Å². The summed E-state index contributed by atoms with van der Waals surface area (Å²) in [6, 6.07) is 6.32. The molecule has 1 aromatic heterocycles. The Labute approximate surface area is 147 Å². The van der Waals surface area contributed by atoms with Crippen molar-refractivity contribution in [2.45, 2.75) is 12.3 Å². The lowest BCUT2D eigenvalue weighted by Gasteiger charge is -2.24. The van der Waals surface area contributed by atoms with Gasteiger partial charge in [0, 0.05) is 17.9 Å². The summed E-state index contributed by atoms with van der Waals surface area (Å²) in [6.07, 6.45) is 0. The number of ether oxygens (including phenoxy) is 1. The Morgan fingerprint density at radius 3 is 2.92 bits per heavy atom. The Morgan fingerprint density at radius 1 is 1.48 bits per heavy atom. The van der Waals surface area contributed by atoms with E-state index in [1.807, 2.05) is 0 Å². The van der Waals surface area contributed by atoms with E-state index in [1.165, 1.54) is 22.7 Å². The molecule has 1 amide bonds. The molecule has 0 saturated carbocycles. The standard InChI is InChI=1S/C16H16FN3O4S/c1-9-13(14(18)24-19-9)16(22)23-8-12(21)20-6-7-25-15(20)10-4-2-3-5-11(10)17/h2-5,15H,6-8,18H2,1H3/t15-/m0/s1. The molecular formula is C16H16FN3O4S. The molecule has 7 nitrogen and oxygen atoms in total. The second-order valence-electron chi connectivity index (χ2n) is 5.42. The van der Waals surface area contributed by atoms with Crippen molar-refractivity contribution in [3.63, 3.8) is 0 Å². The van der Waals surface area contributed by atoms with Gasteiger partial charge >= 0.3 is 5.97 Å². The summed E-state index contributed by atoms with van der Waals surface area (Å²) in [5.41, 5.74) is 6.25. The van der Waals surface area contributed by atoms with Crippen LogP contribution >= 0.6 is 11.8 Å². The zero-order valence-corrected chi connectivity index (χ0v) is 14.2. The van der Waals surface area contributed by atoms with Crippen LogP contribution < -0.4 is 5.73 Å². The number of aryl methyl sites for hydroxylation is 1. The highest BCUT2D eigenvalue weighted by Crippen LogP contribution is 2.38. The molecule has 0 aliphatic carbocycles. The Balaban J connectivity index is 1.67. The maximum Gasteiger partial charge on any atom is 0.346 e. The fraction of sp³-hybridized carbons (Fsp3) is 0.312. The first kappa shape index (κ1) is 17.3. The maximum absolute atomic E-state index is 14.0. The molecule has 1 saturated heterocycles. The third-order valence-corrected chi connectivity index (χ3v) is 5.05. The minimum atomic E-state index is -0.779. The van der Waals surface area contributed by atoms with Gasteiger partial charge in [-0.3, -0.25) is 4.79 Å². The quantitative estimate of drug-likeness (QED) is 0.829. The van der Waals surface area contributed by atoms with Crippen LogP contribution in [0.5, 0.6) is 0 Å². The van der Waals surface area contributed by atoms with Gasteiger partial charge in [-0.1, -0.05) is 23.4 Å². The molecule has 1 aromatic carbocycles. The predicted octanol–water partition coefficient (Wildman–Crippen LogP) is 2.14. The molecule has 1 aliphatic heterocycles. The van der Waals surface area contributed by atoms with E-state index in [-0.39, 0.29) is 23.0 Å². The lowest BCUT2D eigenvalue weighted by Crippen LogP contribution is -2.34. The van der Waals surface area contributed by atoms with Crippen LogP contribution in [0.25, 0.3) is 0 Å². The molecule has 0 bridgehead atoms. The number of anilines is 1. The van der Waals surface area contributed by atoms with Crippen LogP contribution in [0.2, 0.25) is 0 Å². The van der Waals surface area contributed by atoms with Gasteiger partial charge in [-0.25, -0.2) is 9.18 Å². The summed E-state index contributed by atoms with van der Waals surface area (Å²) >= 11 is 1.46. The average Bonchev–Trinajstić information content (AvgIpc) is 3.20. The zero-order chi connectivity index (χ0) is 18.0. The molecule has 132 valence electrons. The van der Waals surface area contributed by atoms with Crippen LogP contribution in [0.1, 0.15) is 27.0 Å². The highest BCUT2D eigenvalue weighted by atomic mass is 32.2. The third-order valence-electron chi connectivity index (χ3n) is 3.80. The van der Waals surface area contributed by atoms with Crippen LogP contribution in [0, 0.1) is 12.7 Å². The molecule has 3 rings (SSSR count). The van der Waals surface area contributed by atoms with Crippen molar-refractivity contribution in [1.29, 1.82) is 0 Å². The van der Waals surface area contributed by atoms with Crippen molar-refractivity contribution in [1.82, 2.24) is 10.1 Å². The number of aromatic nitrogens is 1. The van der Waals surface area contributed by atoms with Crippen LogP contribution in [0.15, 0.2) is 28.8 Å². The molecule has 1 atom stereocenters. The number of benzene rings is 1. The average molecular weight is 365 g/mol. The number of esters is 1. The molecule has 0 unspecified atom stereocenters. The normalized spacial score (nSPS) is 16.9. The first-order valence-electron chi connectivity index (χ1n) is 7.53. The third kappa shape index (κ3) is 3.46. The maximum atomic E-state index is 14.0. The topological polar surface area (TPSA) is 98.7 Å². The lowest BCUT2D eigenvalue weighted by molar-refractivity contribution is -0.134. The highest BCUT2D eigenvalue weighted by molar-refractivity contribution is 7.99. The molecular weight excluding hydrogens is 349 g/mol. The van der Waals surface area contributed by atoms with Crippen LogP contribution in [0.4, 0.5) is 10.3 Å². The Kier molecular flexibility index (Phi) is 4.93. The SMILES string of the molecule is Cc1noc(N)c1C(=O)OCC(=O)N1CCS[C@H]1c1ccccc1F. The van der Waals surface area contributed by atoms with Crippen LogP contribution in [-0.2, 0) is 9.53 Å². The van der Waals surface area contributed by atoms with E-state index in [1.54, 1.807) is 25.1 Å². The van der Waals surface area contributed by atoms with Gasteiger partial charge in [0.25, 0.3) is 5.91 Å². The molecule has 9 heteroatoms. The van der Waals surface area contributed by atoms with Crippen LogP contribution in [-0.4, -0.2) is 40.8 Å². The number of thioether (sulfide) groups is 1. The minimum Gasteiger partial charge on any atom is -0.452 e. The van der Waals surface area contributed by atoms with E-state index >= 15 is 0 Å². The van der Waals surface area contributed by atoms with Gasteiger partial charge < -0.3 is 19.9 Å². The monoisotopic (exact) mass is 365 g/mol. The smallest absolute Gasteiger partial charge is 0.346 e. The largest absolute Gasteiger partial charge is 0.452 e. The summed E-state index contributed by atoms with van der Waals surface area (Å²) < 4.78 is 23.7. The highest BCUT2D eigenvalue weighted by Gasteiger charge is 2.33. The second-order valence-corrected chi connectivity index (χ2v) is 6.60. The lowest BCUT2D eigenvalue weighted by atomic mass is 10.2. The second kappa shape index (κ2) is 7.14. The molecule has 2 heterocycles. The molecule has 25 heavy (non-hydrogen) atoms. The number of carbonyl (C=O) groups is 2. The first-order chi connectivity index (χ1) is 12.0. The van der Waals surface area contributed by atoms with Gasteiger partial charge in [0.1, 0.15) is 16.8 Å². The van der Waals surface area contributed by atoms with Crippen molar-refractivity contribution in [2.24, 2.45) is 0 Å². The van der Waals surface area contributed by atoms with Crippen LogP contribution in [0.3, 0.4) is 0 Å². The van der Waals surface area contributed by atoms with Crippen molar-refractivity contribution in [3.05, 3.63) is 46.9 Å². The number of hydrogen-bond acceptors (Lipinski definition) is 7. The Hall–Kier alpha value is -2.55. The van der Waals surface area contributed by atoms with Crippen molar-refractivity contribution in [2.75, 3.05) is 24.6 Å². The van der Waals surface area contributed by atoms with Gasteiger partial charge in [-0.15, -0.1) is 11.8 Å². The molecule has 1 aliphatic rings. The summed E-state index contributed by atoms with van der Waals surface area (Å²) in [7, 11) is 0. The fourth-order valence-corrected chi connectivity index (χ4v) is 3.88. The van der Waals surface area contributed by atoms with Crippen molar-refractivity contribution < 1.29 is 23.2 Å². The van der Waals surface area contributed by atoms with E-state index in [0.717, 1.165) is 0 Å². The minimum absolute atomic E-state index is 0.00857. The molecule has 0 radical (unpaired) electrons. The summed E-state index contributed by atoms with van der Waals surface area (Å²) in [4.78, 5) is 26.0. The van der Waals surface area contributed by atoms with Crippen molar-refractivity contribution in [3.8, 4) is 0 Å². The molecule has 0 spiro atoms. The number of halogens is 1. The number of nitrogens with zero attached hydrogens (tertiary/aromatic N) is 2. The van der Waals surface area contributed by atoms with E-state index in [0.29, 0.717) is 17.9 Å². The van der Waals surface area contributed by atoms with Gasteiger partial charge in [0.05, 0.1) is 5.69 Å². The van der Waals surface area contributed by atoms with E-state index in [9.17, 15) is 14.0 Å². The Bertz CT molecular complexity index is 791. The number of rotatable bonds is 4.